The van der Waals surface area contributed by atoms with Crippen LogP contribution in [0.5, 0.6) is 5.75 Å². The topological polar surface area (TPSA) is 92.8 Å². The van der Waals surface area contributed by atoms with E-state index in [0.29, 0.717) is 38.2 Å². The molecular weight excluding hydrogens is 431 g/mol. The molecule has 30 heavy (non-hydrogen) atoms. The fourth-order valence-electron chi connectivity index (χ4n) is 3.34. The van der Waals surface area contributed by atoms with Crippen LogP contribution >= 0.6 is 0 Å². The van der Waals surface area contributed by atoms with Gasteiger partial charge in [-0.15, -0.1) is 0 Å². The van der Waals surface area contributed by atoms with Crippen molar-refractivity contribution >= 4 is 19.9 Å². The minimum absolute atomic E-state index is 0.0217. The van der Waals surface area contributed by atoms with Crippen molar-refractivity contribution in [1.82, 2.24) is 9.62 Å². The number of halogens is 1. The normalized spacial score (nSPS) is 16.5. The molecule has 1 aliphatic heterocycles. The number of hydrogen-bond donors (Lipinski definition) is 1. The highest BCUT2D eigenvalue weighted by atomic mass is 32.2. The second-order valence-electron chi connectivity index (χ2n) is 7.19. The molecule has 1 fully saturated rings. The average Bonchev–Trinajstić information content (AvgIpc) is 2.73. The zero-order chi connectivity index (χ0) is 21.8. The third-order valence-electron chi connectivity index (χ3n) is 5.11. The largest absolute Gasteiger partial charge is 0.497 e. The second-order valence-corrected chi connectivity index (χ2v) is 11.0. The van der Waals surface area contributed by atoms with Gasteiger partial charge < -0.3 is 9.64 Å². The van der Waals surface area contributed by atoms with Crippen molar-refractivity contribution in [2.45, 2.75) is 28.7 Å². The average molecular weight is 457 g/mol. The number of nitrogens with one attached hydrogen (secondary N) is 1. The highest BCUT2D eigenvalue weighted by Crippen LogP contribution is 2.20. The number of piperidine rings is 1. The zero-order valence-corrected chi connectivity index (χ0v) is 18.3. The van der Waals surface area contributed by atoms with E-state index in [1.807, 2.05) is 4.90 Å². The maximum atomic E-state index is 13.0. The fourth-order valence-corrected chi connectivity index (χ4v) is 5.96. The SMILES string of the molecule is COc1cccc(S(=O)(=O)CCN2CCC(NS(=O)(=O)c3ccc(F)cc3)CC2)c1. The van der Waals surface area contributed by atoms with Crippen LogP contribution in [0.25, 0.3) is 0 Å². The predicted octanol–water partition coefficient (Wildman–Crippen LogP) is 2.05. The van der Waals surface area contributed by atoms with E-state index in [2.05, 4.69) is 4.72 Å². The Balaban J connectivity index is 1.51. The third kappa shape index (κ3) is 5.78. The standard InChI is InChI=1S/C20H25FN2O5S2/c1-28-18-3-2-4-20(15-18)29(24,25)14-13-23-11-9-17(10-12-23)22-30(26,27)19-7-5-16(21)6-8-19/h2-8,15,17,22H,9-14H2,1H3. The third-order valence-corrected chi connectivity index (χ3v) is 8.34. The molecule has 0 radical (unpaired) electrons. The number of benzene rings is 2. The smallest absolute Gasteiger partial charge is 0.240 e. The van der Waals surface area contributed by atoms with Gasteiger partial charge in [0.25, 0.3) is 0 Å². The Hall–Kier alpha value is -2.01. The van der Waals surface area contributed by atoms with Crippen LogP contribution in [0.1, 0.15) is 12.8 Å². The Morgan fingerprint density at radius 1 is 1.03 bits per heavy atom. The van der Waals surface area contributed by atoms with E-state index in [1.165, 1.54) is 25.3 Å². The molecule has 10 heteroatoms. The molecule has 1 N–H and O–H groups in total. The van der Waals surface area contributed by atoms with Crippen molar-refractivity contribution in [2.24, 2.45) is 0 Å². The minimum Gasteiger partial charge on any atom is -0.497 e. The van der Waals surface area contributed by atoms with E-state index in [-0.39, 0.29) is 21.6 Å². The lowest BCUT2D eigenvalue weighted by atomic mass is 10.1. The summed E-state index contributed by atoms with van der Waals surface area (Å²) in [6.45, 7) is 1.55. The van der Waals surface area contributed by atoms with Gasteiger partial charge >= 0.3 is 0 Å². The first-order valence-electron chi connectivity index (χ1n) is 9.57. The van der Waals surface area contributed by atoms with Crippen molar-refractivity contribution in [2.75, 3.05) is 32.5 Å². The molecule has 0 atom stereocenters. The molecule has 1 saturated heterocycles. The Kier molecular flexibility index (Phi) is 7.12. The van der Waals surface area contributed by atoms with Crippen LogP contribution in [0.4, 0.5) is 4.39 Å². The summed E-state index contributed by atoms with van der Waals surface area (Å²) in [4.78, 5) is 2.26. The van der Waals surface area contributed by atoms with Gasteiger partial charge in [-0.05, 0) is 68.4 Å². The van der Waals surface area contributed by atoms with Gasteiger partial charge in [0.2, 0.25) is 10.0 Å². The van der Waals surface area contributed by atoms with E-state index in [9.17, 15) is 21.2 Å². The number of sulfone groups is 1. The van der Waals surface area contributed by atoms with Crippen molar-refractivity contribution in [3.63, 3.8) is 0 Å². The van der Waals surface area contributed by atoms with Gasteiger partial charge in [-0.1, -0.05) is 6.07 Å². The van der Waals surface area contributed by atoms with Gasteiger partial charge in [-0.2, -0.15) is 0 Å². The molecule has 7 nitrogen and oxygen atoms in total. The number of nitrogens with zero attached hydrogens (tertiary/aromatic N) is 1. The molecule has 0 spiro atoms. The summed E-state index contributed by atoms with van der Waals surface area (Å²) < 4.78 is 70.7. The van der Waals surface area contributed by atoms with Crippen molar-refractivity contribution in [3.8, 4) is 5.75 Å². The van der Waals surface area contributed by atoms with Crippen LogP contribution in [-0.4, -0.2) is 60.3 Å². The van der Waals surface area contributed by atoms with E-state index in [0.717, 1.165) is 12.1 Å². The van der Waals surface area contributed by atoms with E-state index in [1.54, 1.807) is 18.2 Å². The Morgan fingerprint density at radius 3 is 2.33 bits per heavy atom. The van der Waals surface area contributed by atoms with Crippen LogP contribution in [-0.2, 0) is 19.9 Å². The van der Waals surface area contributed by atoms with Crippen molar-refractivity contribution in [3.05, 3.63) is 54.3 Å². The quantitative estimate of drug-likeness (QED) is 0.654. The van der Waals surface area contributed by atoms with Gasteiger partial charge in [-0.25, -0.2) is 25.9 Å². The monoisotopic (exact) mass is 456 g/mol. The maximum Gasteiger partial charge on any atom is 0.240 e. The van der Waals surface area contributed by atoms with Crippen LogP contribution in [0.2, 0.25) is 0 Å². The van der Waals surface area contributed by atoms with Gasteiger partial charge in [0, 0.05) is 12.6 Å². The highest BCUT2D eigenvalue weighted by molar-refractivity contribution is 7.91. The van der Waals surface area contributed by atoms with Crippen LogP contribution < -0.4 is 9.46 Å². The van der Waals surface area contributed by atoms with Gasteiger partial charge in [0.05, 0.1) is 22.7 Å². The Bertz CT molecular complexity index is 1060. The summed E-state index contributed by atoms with van der Waals surface area (Å²) in [5, 5.41) is 0. The molecule has 0 aliphatic carbocycles. The maximum absolute atomic E-state index is 13.0. The lowest BCUT2D eigenvalue weighted by Crippen LogP contribution is -2.45. The van der Waals surface area contributed by atoms with Crippen molar-refractivity contribution in [1.29, 1.82) is 0 Å². The number of methoxy groups -OCH3 is 1. The van der Waals surface area contributed by atoms with Crippen molar-refractivity contribution < 1.29 is 26.0 Å². The second kappa shape index (κ2) is 9.42. The molecule has 0 unspecified atom stereocenters. The number of hydrogen-bond acceptors (Lipinski definition) is 6. The van der Waals surface area contributed by atoms with Crippen LogP contribution in [0.3, 0.4) is 0 Å². The summed E-state index contributed by atoms with van der Waals surface area (Å²) >= 11 is 0. The predicted molar refractivity (Wildman–Crippen MR) is 111 cm³/mol. The highest BCUT2D eigenvalue weighted by Gasteiger charge is 2.26. The number of likely N-dealkylation sites (tertiary alicyclic amines) is 1. The number of sulfonamides is 1. The molecule has 3 rings (SSSR count). The number of rotatable bonds is 8. The summed E-state index contributed by atoms with van der Waals surface area (Å²) in [5.41, 5.74) is 0. The summed E-state index contributed by atoms with van der Waals surface area (Å²) in [6, 6.07) is 10.8. The number of ether oxygens (including phenoxy) is 1. The lowest BCUT2D eigenvalue weighted by Gasteiger charge is -2.32. The molecule has 0 aromatic heterocycles. The van der Waals surface area contributed by atoms with Crippen LogP contribution in [0.15, 0.2) is 58.3 Å². The molecule has 2 aromatic carbocycles. The Morgan fingerprint density at radius 2 is 1.70 bits per heavy atom. The van der Waals surface area contributed by atoms with Crippen LogP contribution in [0, 0.1) is 5.82 Å². The molecule has 1 aliphatic rings. The fraction of sp³-hybridized carbons (Fsp3) is 0.400. The first kappa shape index (κ1) is 22.7. The minimum atomic E-state index is -3.72. The first-order valence-corrected chi connectivity index (χ1v) is 12.7. The van der Waals surface area contributed by atoms with E-state index in [4.69, 9.17) is 4.74 Å². The van der Waals surface area contributed by atoms with Gasteiger partial charge in [0.15, 0.2) is 9.84 Å². The molecular formula is C20H25FN2O5S2. The summed E-state index contributed by atoms with van der Waals surface area (Å²) in [7, 11) is -5.67. The van der Waals surface area contributed by atoms with Gasteiger partial charge in [0.1, 0.15) is 11.6 Å². The van der Waals surface area contributed by atoms with Gasteiger partial charge in [-0.3, -0.25) is 0 Å². The Labute approximate surface area is 176 Å². The summed E-state index contributed by atoms with van der Waals surface area (Å²) in [5.74, 6) is -0.0249. The molecule has 164 valence electrons. The lowest BCUT2D eigenvalue weighted by molar-refractivity contribution is 0.217. The molecule has 2 aromatic rings. The van der Waals surface area contributed by atoms with E-state index < -0.39 is 25.7 Å². The molecule has 0 bridgehead atoms. The summed E-state index contributed by atoms with van der Waals surface area (Å²) in [6.07, 6.45) is 1.14. The zero-order valence-electron chi connectivity index (χ0n) is 16.6. The molecule has 1 heterocycles. The first-order chi connectivity index (χ1) is 14.2. The van der Waals surface area contributed by atoms with E-state index >= 15 is 0 Å². The molecule has 0 saturated carbocycles. The molecule has 0 amide bonds.